The van der Waals surface area contributed by atoms with Crippen LogP contribution >= 0.6 is 0 Å². The Hall–Kier alpha value is -2.10. The van der Waals surface area contributed by atoms with E-state index >= 15 is 0 Å². The smallest absolute Gasteiger partial charge is 0.340 e. The molecular weight excluding hydrogens is 472 g/mol. The first-order valence-electron chi connectivity index (χ1n) is 15.7. The predicted molar refractivity (Wildman–Crippen MR) is 148 cm³/mol. The number of esters is 2. The van der Waals surface area contributed by atoms with E-state index in [1.54, 1.807) is 0 Å². The Labute approximate surface area is 229 Å². The molecule has 5 aliphatic carbocycles. The minimum atomic E-state index is -0.487. The normalized spacial score (nSPS) is 35.4. The van der Waals surface area contributed by atoms with Gasteiger partial charge < -0.3 is 9.47 Å². The lowest BCUT2D eigenvalue weighted by molar-refractivity contribution is -0.135. The third-order valence-corrected chi connectivity index (χ3v) is 10.8. The zero-order valence-corrected chi connectivity index (χ0v) is 23.7. The Balaban J connectivity index is 1.34. The van der Waals surface area contributed by atoms with Crippen LogP contribution in [0.5, 0.6) is 0 Å². The summed E-state index contributed by atoms with van der Waals surface area (Å²) in [7, 11) is 0. The number of rotatable bonds is 8. The summed E-state index contributed by atoms with van der Waals surface area (Å²) in [4.78, 5) is 26.8. The largest absolute Gasteiger partial charge is 0.427 e. The van der Waals surface area contributed by atoms with Gasteiger partial charge in [-0.3, -0.25) is 0 Å². The second-order valence-corrected chi connectivity index (χ2v) is 13.4. The Morgan fingerprint density at radius 2 is 1.84 bits per heavy atom. The third kappa shape index (κ3) is 4.34. The molecule has 0 aromatic carbocycles. The van der Waals surface area contributed by atoms with Crippen LogP contribution in [0.4, 0.5) is 0 Å². The van der Waals surface area contributed by atoms with Crippen molar-refractivity contribution in [2.45, 2.75) is 111 Å². The van der Waals surface area contributed by atoms with Crippen LogP contribution in [0.3, 0.4) is 0 Å². The van der Waals surface area contributed by atoms with Gasteiger partial charge in [-0.2, -0.15) is 0 Å². The van der Waals surface area contributed by atoms with Crippen LogP contribution in [0.15, 0.2) is 46.5 Å². The lowest BCUT2D eigenvalue weighted by Gasteiger charge is -2.54. The number of fused-ring (bicyclic) bond motifs is 1. The molecule has 0 amide bonds. The number of allylic oxidation sites excluding steroid dienone is 5. The number of hydrogen-bond acceptors (Lipinski definition) is 4. The standard InChI is InChI=1S/C34H46O4/c1-4-22(14-13-21(2)3)19-29-34-18-17-24(20-27(34)32(35)38-29)25-15-16-26-28(37-33(36)30(26)31(25)34)12-8-11-23-9-6-5-7-10-23/h12,19-25,31H,4-11,13-18H2,1-3H3. The van der Waals surface area contributed by atoms with Gasteiger partial charge in [0, 0.05) is 22.6 Å². The van der Waals surface area contributed by atoms with Crippen molar-refractivity contribution >= 4 is 11.9 Å². The average Bonchev–Trinajstić information content (AvgIpc) is 3.40. The summed E-state index contributed by atoms with van der Waals surface area (Å²) in [6.07, 6.45) is 22.9. The van der Waals surface area contributed by atoms with E-state index in [0.29, 0.717) is 23.7 Å². The van der Waals surface area contributed by atoms with E-state index in [1.807, 2.05) is 0 Å². The van der Waals surface area contributed by atoms with E-state index in [9.17, 15) is 9.59 Å². The molecule has 2 heterocycles. The highest BCUT2D eigenvalue weighted by Gasteiger charge is 2.66. The molecule has 7 rings (SSSR count). The Morgan fingerprint density at radius 1 is 1.03 bits per heavy atom. The van der Waals surface area contributed by atoms with E-state index < -0.39 is 5.41 Å². The van der Waals surface area contributed by atoms with Crippen LogP contribution in [0.2, 0.25) is 0 Å². The molecule has 0 radical (unpaired) electrons. The monoisotopic (exact) mass is 518 g/mol. The summed E-state index contributed by atoms with van der Waals surface area (Å²) in [6, 6.07) is 0. The van der Waals surface area contributed by atoms with E-state index in [2.05, 4.69) is 39.0 Å². The first kappa shape index (κ1) is 26.1. The van der Waals surface area contributed by atoms with Gasteiger partial charge in [0.05, 0.1) is 5.41 Å². The van der Waals surface area contributed by atoms with Gasteiger partial charge in [-0.1, -0.05) is 65.4 Å². The Morgan fingerprint density at radius 3 is 2.61 bits per heavy atom. The number of cyclic esters (lactones) is 2. The van der Waals surface area contributed by atoms with Crippen molar-refractivity contribution in [1.29, 1.82) is 0 Å². The molecule has 1 spiro atoms. The highest BCUT2D eigenvalue weighted by molar-refractivity contribution is 5.99. The molecule has 0 N–H and O–H groups in total. The molecule has 3 fully saturated rings. The van der Waals surface area contributed by atoms with Crippen molar-refractivity contribution in [2.75, 3.05) is 0 Å². The van der Waals surface area contributed by atoms with Crippen molar-refractivity contribution in [3.05, 3.63) is 46.5 Å². The fraction of sp³-hybridized carbons (Fsp3) is 0.706. The van der Waals surface area contributed by atoms with Gasteiger partial charge in [0.25, 0.3) is 0 Å². The number of ether oxygens (including phenoxy) is 2. The predicted octanol–water partition coefficient (Wildman–Crippen LogP) is 8.35. The minimum Gasteiger partial charge on any atom is -0.427 e. The maximum Gasteiger partial charge on any atom is 0.340 e. The first-order chi connectivity index (χ1) is 18.4. The van der Waals surface area contributed by atoms with Crippen molar-refractivity contribution in [3.8, 4) is 0 Å². The fourth-order valence-corrected chi connectivity index (χ4v) is 8.79. The summed E-state index contributed by atoms with van der Waals surface area (Å²) < 4.78 is 12.1. The van der Waals surface area contributed by atoms with E-state index in [0.717, 1.165) is 85.5 Å². The van der Waals surface area contributed by atoms with Gasteiger partial charge in [0.15, 0.2) is 0 Å². The van der Waals surface area contributed by atoms with Gasteiger partial charge in [0.1, 0.15) is 11.5 Å². The summed E-state index contributed by atoms with van der Waals surface area (Å²) >= 11 is 0. The van der Waals surface area contributed by atoms with Gasteiger partial charge in [-0.25, -0.2) is 9.59 Å². The highest BCUT2D eigenvalue weighted by Crippen LogP contribution is 2.68. The van der Waals surface area contributed by atoms with Crippen molar-refractivity contribution < 1.29 is 19.1 Å². The lowest BCUT2D eigenvalue weighted by Crippen LogP contribution is -2.50. The molecule has 2 aliphatic heterocycles. The highest BCUT2D eigenvalue weighted by atomic mass is 16.5. The van der Waals surface area contributed by atoms with E-state index in [1.165, 1.54) is 38.5 Å². The molecule has 206 valence electrons. The van der Waals surface area contributed by atoms with Crippen LogP contribution < -0.4 is 0 Å². The molecule has 5 atom stereocenters. The SMILES string of the molecule is CCC(C=C1OC(=O)C2=CC3CCC12C1C2=C(CCC31)C(=CCCC1CCCCC1)OC2=O)CCC(C)C. The van der Waals surface area contributed by atoms with Crippen molar-refractivity contribution in [1.82, 2.24) is 0 Å². The molecule has 4 nitrogen and oxygen atoms in total. The van der Waals surface area contributed by atoms with E-state index in [4.69, 9.17) is 9.47 Å². The van der Waals surface area contributed by atoms with E-state index in [-0.39, 0.29) is 17.9 Å². The lowest BCUT2D eigenvalue weighted by atomic mass is 9.46. The zero-order chi connectivity index (χ0) is 26.4. The topological polar surface area (TPSA) is 52.6 Å². The summed E-state index contributed by atoms with van der Waals surface area (Å²) in [5.41, 5.74) is 2.35. The van der Waals surface area contributed by atoms with Crippen LogP contribution in [-0.4, -0.2) is 11.9 Å². The fourth-order valence-electron chi connectivity index (χ4n) is 8.79. The first-order valence-corrected chi connectivity index (χ1v) is 15.7. The van der Waals surface area contributed by atoms with Crippen LogP contribution in [-0.2, 0) is 19.1 Å². The van der Waals surface area contributed by atoms with Gasteiger partial charge >= 0.3 is 11.9 Å². The molecule has 2 bridgehead atoms. The quantitative estimate of drug-likeness (QED) is 0.303. The second kappa shape index (κ2) is 10.5. The van der Waals surface area contributed by atoms with Gasteiger partial charge in [0.2, 0.25) is 0 Å². The zero-order valence-electron chi connectivity index (χ0n) is 23.7. The maximum atomic E-state index is 13.6. The number of carbonyl (C=O) groups excluding carboxylic acids is 2. The molecule has 1 saturated heterocycles. The molecule has 4 heteroatoms. The molecule has 2 saturated carbocycles. The van der Waals surface area contributed by atoms with Gasteiger partial charge in [-0.05, 0) is 93.1 Å². The maximum absolute atomic E-state index is 13.6. The van der Waals surface area contributed by atoms with Crippen molar-refractivity contribution in [2.24, 2.45) is 40.9 Å². The number of hydrogen-bond donors (Lipinski definition) is 0. The molecule has 0 aromatic rings. The van der Waals surface area contributed by atoms with Crippen molar-refractivity contribution in [3.63, 3.8) is 0 Å². The van der Waals surface area contributed by atoms with Crippen LogP contribution in [0, 0.1) is 40.9 Å². The van der Waals surface area contributed by atoms with Gasteiger partial charge in [-0.15, -0.1) is 0 Å². The minimum absolute atomic E-state index is 0.00190. The summed E-state index contributed by atoms with van der Waals surface area (Å²) in [6.45, 7) is 6.77. The summed E-state index contributed by atoms with van der Waals surface area (Å²) in [5.74, 6) is 3.92. The molecular formula is C34H46O4. The third-order valence-electron chi connectivity index (χ3n) is 10.8. The summed E-state index contributed by atoms with van der Waals surface area (Å²) in [5, 5.41) is 0. The van der Waals surface area contributed by atoms with Crippen LogP contribution in [0.1, 0.15) is 111 Å². The molecule has 7 aliphatic rings. The Bertz CT molecular complexity index is 1100. The molecule has 5 unspecified atom stereocenters. The number of carbonyl (C=O) groups is 2. The molecule has 0 aromatic heterocycles. The molecule has 38 heavy (non-hydrogen) atoms. The Kier molecular flexibility index (Phi) is 7.20. The average molecular weight is 519 g/mol. The second-order valence-electron chi connectivity index (χ2n) is 13.4. The van der Waals surface area contributed by atoms with Crippen LogP contribution in [0.25, 0.3) is 0 Å².